The molecule has 4 rings (SSSR count). The minimum atomic E-state index is 0.1000. The van der Waals surface area contributed by atoms with E-state index in [1.165, 1.54) is 5.56 Å². The van der Waals surface area contributed by atoms with E-state index in [-0.39, 0.29) is 11.8 Å². The van der Waals surface area contributed by atoms with Crippen molar-refractivity contribution in [2.24, 2.45) is 5.92 Å². The first kappa shape index (κ1) is 18.4. The zero-order valence-electron chi connectivity index (χ0n) is 16.7. The Morgan fingerprint density at radius 2 is 1.75 bits per heavy atom. The highest BCUT2D eigenvalue weighted by molar-refractivity contribution is 5.93. The number of hydrogen-bond donors (Lipinski definition) is 0. The van der Waals surface area contributed by atoms with Gasteiger partial charge in [0.2, 0.25) is 11.9 Å². The highest BCUT2D eigenvalue weighted by Gasteiger charge is 2.27. The molecule has 0 N–H and O–H groups in total. The normalized spacial score (nSPS) is 15.0. The summed E-state index contributed by atoms with van der Waals surface area (Å²) in [6, 6.07) is 16.6. The predicted molar refractivity (Wildman–Crippen MR) is 113 cm³/mol. The summed E-state index contributed by atoms with van der Waals surface area (Å²) in [4.78, 5) is 26.0. The molecule has 0 atom stereocenters. The fourth-order valence-corrected chi connectivity index (χ4v) is 3.88. The molecule has 1 aromatic heterocycles. The van der Waals surface area contributed by atoms with Crippen LogP contribution in [0.2, 0.25) is 0 Å². The number of nitrogens with zero attached hydrogens (tertiary/aromatic N) is 4. The molecule has 0 radical (unpaired) electrons. The molecule has 1 fully saturated rings. The molecule has 5 heteroatoms. The summed E-state index contributed by atoms with van der Waals surface area (Å²) < 4.78 is 0. The Morgan fingerprint density at radius 3 is 2.43 bits per heavy atom. The van der Waals surface area contributed by atoms with Crippen molar-refractivity contribution in [3.05, 3.63) is 54.1 Å². The van der Waals surface area contributed by atoms with Gasteiger partial charge in [0.1, 0.15) is 0 Å². The lowest BCUT2D eigenvalue weighted by Gasteiger charge is -2.32. The summed E-state index contributed by atoms with van der Waals surface area (Å²) in [5, 5.41) is 1.08. The largest absolute Gasteiger partial charge is 0.349 e. The van der Waals surface area contributed by atoms with E-state index in [2.05, 4.69) is 42.2 Å². The standard InChI is InChI=1S/C23H26N4O/c1-16-9-10-20-19(15-16)21(17-7-5-4-6-8-17)25-23(24-20)27-13-11-18(12-14-27)22(28)26(2)3/h4-10,15,18H,11-14H2,1-3H3. The number of carbonyl (C=O) groups excluding carboxylic acids is 1. The Bertz CT molecular complexity index is 992. The topological polar surface area (TPSA) is 49.3 Å². The second-order valence-electron chi connectivity index (χ2n) is 7.75. The summed E-state index contributed by atoms with van der Waals surface area (Å²) >= 11 is 0. The summed E-state index contributed by atoms with van der Waals surface area (Å²) in [5.41, 5.74) is 4.22. The average Bonchev–Trinajstić information content (AvgIpc) is 2.73. The average molecular weight is 374 g/mol. The molecule has 2 heterocycles. The van der Waals surface area contributed by atoms with Crippen LogP contribution in [0.5, 0.6) is 0 Å². The van der Waals surface area contributed by atoms with Gasteiger partial charge in [-0.25, -0.2) is 9.97 Å². The molecule has 1 amide bonds. The number of hydrogen-bond acceptors (Lipinski definition) is 4. The van der Waals surface area contributed by atoms with Gasteiger partial charge in [-0.05, 0) is 31.9 Å². The van der Waals surface area contributed by atoms with Crippen molar-refractivity contribution in [1.82, 2.24) is 14.9 Å². The van der Waals surface area contributed by atoms with Crippen LogP contribution in [0.4, 0.5) is 5.95 Å². The van der Waals surface area contributed by atoms with Gasteiger partial charge in [-0.15, -0.1) is 0 Å². The molecule has 0 spiro atoms. The summed E-state index contributed by atoms with van der Waals surface area (Å²) in [6.45, 7) is 3.69. The quantitative estimate of drug-likeness (QED) is 0.697. The van der Waals surface area contributed by atoms with Crippen LogP contribution in [0.1, 0.15) is 18.4 Å². The number of fused-ring (bicyclic) bond motifs is 1. The van der Waals surface area contributed by atoms with Crippen molar-refractivity contribution >= 4 is 22.8 Å². The van der Waals surface area contributed by atoms with Crippen LogP contribution >= 0.6 is 0 Å². The number of aryl methyl sites for hydroxylation is 1. The highest BCUT2D eigenvalue weighted by Crippen LogP contribution is 2.30. The number of amides is 1. The van der Waals surface area contributed by atoms with Crippen LogP contribution in [-0.2, 0) is 4.79 Å². The second-order valence-corrected chi connectivity index (χ2v) is 7.75. The van der Waals surface area contributed by atoms with E-state index < -0.39 is 0 Å². The zero-order chi connectivity index (χ0) is 19.7. The van der Waals surface area contributed by atoms with E-state index in [4.69, 9.17) is 9.97 Å². The Hall–Kier alpha value is -2.95. The van der Waals surface area contributed by atoms with E-state index in [0.29, 0.717) is 0 Å². The first-order chi connectivity index (χ1) is 13.5. The Morgan fingerprint density at radius 1 is 1.04 bits per heavy atom. The summed E-state index contributed by atoms with van der Waals surface area (Å²) in [5.74, 6) is 1.08. The number of carbonyl (C=O) groups is 1. The van der Waals surface area contributed by atoms with Gasteiger partial charge in [0.15, 0.2) is 0 Å². The molecule has 3 aromatic rings. The minimum absolute atomic E-state index is 0.1000. The van der Waals surface area contributed by atoms with Gasteiger partial charge in [0.05, 0.1) is 11.2 Å². The van der Waals surface area contributed by atoms with Gasteiger partial charge in [-0.2, -0.15) is 0 Å². The molecule has 2 aromatic carbocycles. The van der Waals surface area contributed by atoms with Crippen LogP contribution in [0.15, 0.2) is 48.5 Å². The van der Waals surface area contributed by atoms with Crippen LogP contribution in [0.25, 0.3) is 22.2 Å². The third-order valence-electron chi connectivity index (χ3n) is 5.45. The van der Waals surface area contributed by atoms with Gasteiger partial charge in [0, 0.05) is 44.1 Å². The third-order valence-corrected chi connectivity index (χ3v) is 5.45. The molecule has 0 saturated carbocycles. The van der Waals surface area contributed by atoms with Crippen molar-refractivity contribution in [1.29, 1.82) is 0 Å². The van der Waals surface area contributed by atoms with Crippen molar-refractivity contribution in [2.75, 3.05) is 32.1 Å². The molecule has 1 aliphatic rings. The number of aromatic nitrogens is 2. The van der Waals surface area contributed by atoms with Gasteiger partial charge >= 0.3 is 0 Å². The van der Waals surface area contributed by atoms with E-state index in [0.717, 1.165) is 54.0 Å². The maximum absolute atomic E-state index is 12.3. The Balaban J connectivity index is 1.69. The van der Waals surface area contributed by atoms with Crippen molar-refractivity contribution < 1.29 is 4.79 Å². The number of piperidine rings is 1. The molecule has 28 heavy (non-hydrogen) atoms. The fourth-order valence-electron chi connectivity index (χ4n) is 3.88. The van der Waals surface area contributed by atoms with Crippen LogP contribution in [-0.4, -0.2) is 48.0 Å². The van der Waals surface area contributed by atoms with Crippen LogP contribution < -0.4 is 4.90 Å². The number of benzene rings is 2. The van der Waals surface area contributed by atoms with Crippen molar-refractivity contribution in [3.8, 4) is 11.3 Å². The maximum atomic E-state index is 12.3. The smallest absolute Gasteiger partial charge is 0.226 e. The molecule has 0 bridgehead atoms. The number of rotatable bonds is 3. The lowest BCUT2D eigenvalue weighted by molar-refractivity contribution is -0.133. The minimum Gasteiger partial charge on any atom is -0.349 e. The maximum Gasteiger partial charge on any atom is 0.226 e. The van der Waals surface area contributed by atoms with E-state index in [1.54, 1.807) is 4.90 Å². The number of anilines is 1. The highest BCUT2D eigenvalue weighted by atomic mass is 16.2. The second kappa shape index (κ2) is 7.58. The predicted octanol–water partition coefficient (Wildman–Crippen LogP) is 3.91. The SMILES string of the molecule is Cc1ccc2nc(N3CCC(C(=O)N(C)C)CC3)nc(-c3ccccc3)c2c1. The van der Waals surface area contributed by atoms with Gasteiger partial charge in [0.25, 0.3) is 0 Å². The van der Waals surface area contributed by atoms with E-state index in [9.17, 15) is 4.79 Å². The third kappa shape index (κ3) is 3.57. The van der Waals surface area contributed by atoms with Crippen molar-refractivity contribution in [2.45, 2.75) is 19.8 Å². The summed E-state index contributed by atoms with van der Waals surface area (Å²) in [6.07, 6.45) is 1.68. The zero-order valence-corrected chi connectivity index (χ0v) is 16.7. The first-order valence-electron chi connectivity index (χ1n) is 9.83. The monoisotopic (exact) mass is 374 g/mol. The van der Waals surface area contributed by atoms with E-state index in [1.807, 2.05) is 32.3 Å². The molecular formula is C23H26N4O. The van der Waals surface area contributed by atoms with Gasteiger partial charge in [-0.1, -0.05) is 42.0 Å². The lowest BCUT2D eigenvalue weighted by Crippen LogP contribution is -2.40. The van der Waals surface area contributed by atoms with Crippen molar-refractivity contribution in [3.63, 3.8) is 0 Å². The molecule has 144 valence electrons. The lowest BCUT2D eigenvalue weighted by atomic mass is 9.95. The van der Waals surface area contributed by atoms with E-state index >= 15 is 0 Å². The van der Waals surface area contributed by atoms with Gasteiger partial charge < -0.3 is 9.80 Å². The molecule has 1 aliphatic heterocycles. The molecule has 5 nitrogen and oxygen atoms in total. The molecular weight excluding hydrogens is 348 g/mol. The summed E-state index contributed by atoms with van der Waals surface area (Å²) in [7, 11) is 3.66. The molecule has 0 aliphatic carbocycles. The molecule has 1 saturated heterocycles. The first-order valence-corrected chi connectivity index (χ1v) is 9.83. The van der Waals surface area contributed by atoms with Gasteiger partial charge in [-0.3, -0.25) is 4.79 Å². The van der Waals surface area contributed by atoms with Crippen LogP contribution in [0, 0.1) is 12.8 Å². The fraction of sp³-hybridized carbons (Fsp3) is 0.348. The Kier molecular flexibility index (Phi) is 4.99. The molecule has 0 unspecified atom stereocenters. The Labute approximate surface area is 166 Å². The van der Waals surface area contributed by atoms with Crippen LogP contribution in [0.3, 0.4) is 0 Å².